The van der Waals surface area contributed by atoms with Gasteiger partial charge in [0.1, 0.15) is 0 Å². The molecule has 3 heteroatoms. The van der Waals surface area contributed by atoms with Crippen LogP contribution >= 0.6 is 15.9 Å². The molecule has 0 aliphatic rings. The van der Waals surface area contributed by atoms with Crippen molar-refractivity contribution in [2.75, 3.05) is 0 Å². The number of hydrogen-bond donors (Lipinski definition) is 1. The standard InChI is InChI=1S/C9H9BrO2/c1-6-4-7(5-10)2-3-8(6)9(11)12/h2-4H,5H2,1H3,(H,11,12). The highest BCUT2D eigenvalue weighted by atomic mass is 79.9. The zero-order valence-electron chi connectivity index (χ0n) is 6.67. The van der Waals surface area contributed by atoms with Crippen LogP contribution in [0.5, 0.6) is 0 Å². The van der Waals surface area contributed by atoms with E-state index in [4.69, 9.17) is 5.11 Å². The van der Waals surface area contributed by atoms with Crippen molar-refractivity contribution in [1.29, 1.82) is 0 Å². The summed E-state index contributed by atoms with van der Waals surface area (Å²) in [6.07, 6.45) is 0. The molecule has 0 aromatic heterocycles. The highest BCUT2D eigenvalue weighted by Crippen LogP contribution is 2.13. The van der Waals surface area contributed by atoms with Gasteiger partial charge in [0, 0.05) is 5.33 Å². The molecule has 0 atom stereocenters. The highest BCUT2D eigenvalue weighted by Gasteiger charge is 2.05. The van der Waals surface area contributed by atoms with E-state index in [-0.39, 0.29) is 0 Å². The summed E-state index contributed by atoms with van der Waals surface area (Å²) >= 11 is 3.31. The van der Waals surface area contributed by atoms with Crippen molar-refractivity contribution in [2.24, 2.45) is 0 Å². The molecule has 0 fully saturated rings. The maximum Gasteiger partial charge on any atom is 0.335 e. The van der Waals surface area contributed by atoms with Crippen LogP contribution in [-0.2, 0) is 5.33 Å². The van der Waals surface area contributed by atoms with E-state index < -0.39 is 5.97 Å². The zero-order chi connectivity index (χ0) is 9.14. The van der Waals surface area contributed by atoms with Gasteiger partial charge in [0.05, 0.1) is 5.56 Å². The molecule has 0 spiro atoms. The van der Waals surface area contributed by atoms with Gasteiger partial charge in [0.25, 0.3) is 0 Å². The van der Waals surface area contributed by atoms with Gasteiger partial charge in [-0.05, 0) is 24.1 Å². The van der Waals surface area contributed by atoms with Crippen molar-refractivity contribution in [1.82, 2.24) is 0 Å². The quantitative estimate of drug-likeness (QED) is 0.791. The predicted octanol–water partition coefficient (Wildman–Crippen LogP) is 2.59. The van der Waals surface area contributed by atoms with Gasteiger partial charge in [-0.3, -0.25) is 0 Å². The number of rotatable bonds is 2. The van der Waals surface area contributed by atoms with Crippen LogP contribution in [0.4, 0.5) is 0 Å². The number of halogens is 1. The zero-order valence-corrected chi connectivity index (χ0v) is 8.26. The second-order valence-corrected chi connectivity index (χ2v) is 3.15. The van der Waals surface area contributed by atoms with Crippen molar-refractivity contribution in [2.45, 2.75) is 12.3 Å². The molecule has 64 valence electrons. The molecule has 1 rings (SSSR count). The molecule has 2 nitrogen and oxygen atoms in total. The third-order valence-corrected chi connectivity index (χ3v) is 2.32. The Kier molecular flexibility index (Phi) is 2.87. The molecule has 1 aromatic carbocycles. The third kappa shape index (κ3) is 1.85. The lowest BCUT2D eigenvalue weighted by molar-refractivity contribution is 0.0696. The molecule has 0 aliphatic heterocycles. The van der Waals surface area contributed by atoms with Crippen LogP contribution in [0, 0.1) is 6.92 Å². The number of benzene rings is 1. The first-order valence-electron chi connectivity index (χ1n) is 3.54. The van der Waals surface area contributed by atoms with E-state index >= 15 is 0 Å². The maximum absolute atomic E-state index is 10.6. The summed E-state index contributed by atoms with van der Waals surface area (Å²) in [5.74, 6) is -0.867. The normalized spacial score (nSPS) is 9.83. The van der Waals surface area contributed by atoms with Crippen molar-refractivity contribution in [3.8, 4) is 0 Å². The number of carboxylic acid groups (broad SMARTS) is 1. The van der Waals surface area contributed by atoms with Crippen LogP contribution in [-0.4, -0.2) is 11.1 Å². The Balaban J connectivity index is 3.12. The first kappa shape index (κ1) is 9.26. The van der Waals surface area contributed by atoms with Gasteiger partial charge in [-0.2, -0.15) is 0 Å². The molecule has 1 aromatic rings. The molecule has 12 heavy (non-hydrogen) atoms. The number of aryl methyl sites for hydroxylation is 1. The largest absolute Gasteiger partial charge is 0.478 e. The fraction of sp³-hybridized carbons (Fsp3) is 0.222. The average molecular weight is 229 g/mol. The fourth-order valence-corrected chi connectivity index (χ4v) is 1.40. The van der Waals surface area contributed by atoms with E-state index in [1.54, 1.807) is 13.0 Å². The molecule has 0 saturated carbocycles. The second kappa shape index (κ2) is 3.72. The lowest BCUT2D eigenvalue weighted by Crippen LogP contribution is -1.99. The maximum atomic E-state index is 10.6. The minimum atomic E-state index is -0.867. The van der Waals surface area contributed by atoms with E-state index in [1.807, 2.05) is 12.1 Å². The molecule has 0 aliphatic carbocycles. The number of hydrogen-bond acceptors (Lipinski definition) is 1. The third-order valence-electron chi connectivity index (χ3n) is 1.68. The van der Waals surface area contributed by atoms with Crippen LogP contribution in [0.25, 0.3) is 0 Å². The van der Waals surface area contributed by atoms with E-state index in [2.05, 4.69) is 15.9 Å². The Morgan fingerprint density at radius 1 is 1.58 bits per heavy atom. The highest BCUT2D eigenvalue weighted by molar-refractivity contribution is 9.08. The SMILES string of the molecule is Cc1cc(CBr)ccc1C(=O)O. The van der Waals surface area contributed by atoms with Crippen molar-refractivity contribution in [3.63, 3.8) is 0 Å². The molecule has 0 radical (unpaired) electrons. The van der Waals surface area contributed by atoms with E-state index in [9.17, 15) is 4.79 Å². The first-order chi connectivity index (χ1) is 5.65. The van der Waals surface area contributed by atoms with Crippen LogP contribution in [0.1, 0.15) is 21.5 Å². The van der Waals surface area contributed by atoms with Gasteiger partial charge in [-0.1, -0.05) is 28.1 Å². The lowest BCUT2D eigenvalue weighted by Gasteiger charge is -2.01. The van der Waals surface area contributed by atoms with Gasteiger partial charge in [-0.25, -0.2) is 4.79 Å². The summed E-state index contributed by atoms with van der Waals surface area (Å²) in [4.78, 5) is 10.6. The van der Waals surface area contributed by atoms with Crippen LogP contribution < -0.4 is 0 Å². The number of alkyl halides is 1. The van der Waals surface area contributed by atoms with E-state index in [1.165, 1.54) is 0 Å². The van der Waals surface area contributed by atoms with Crippen molar-refractivity contribution in [3.05, 3.63) is 34.9 Å². The molecular formula is C9H9BrO2. The van der Waals surface area contributed by atoms with Crippen LogP contribution in [0.3, 0.4) is 0 Å². The van der Waals surface area contributed by atoms with Gasteiger partial charge in [0.2, 0.25) is 0 Å². The summed E-state index contributed by atoms with van der Waals surface area (Å²) in [5.41, 5.74) is 2.27. The van der Waals surface area contributed by atoms with Gasteiger partial charge in [-0.15, -0.1) is 0 Å². The summed E-state index contributed by atoms with van der Waals surface area (Å²) in [6, 6.07) is 5.32. The molecule has 0 unspecified atom stereocenters. The Morgan fingerprint density at radius 2 is 2.25 bits per heavy atom. The molecule has 0 heterocycles. The summed E-state index contributed by atoms with van der Waals surface area (Å²) in [5, 5.41) is 9.48. The number of carboxylic acids is 1. The number of carbonyl (C=O) groups is 1. The molecule has 1 N–H and O–H groups in total. The van der Waals surface area contributed by atoms with Crippen molar-refractivity contribution < 1.29 is 9.90 Å². The number of aromatic carboxylic acids is 1. The topological polar surface area (TPSA) is 37.3 Å². The minimum Gasteiger partial charge on any atom is -0.478 e. The predicted molar refractivity (Wildman–Crippen MR) is 50.8 cm³/mol. The van der Waals surface area contributed by atoms with Gasteiger partial charge in [0.15, 0.2) is 0 Å². The summed E-state index contributed by atoms with van der Waals surface area (Å²) in [6.45, 7) is 1.80. The van der Waals surface area contributed by atoms with Crippen LogP contribution in [0.15, 0.2) is 18.2 Å². The molecule has 0 bridgehead atoms. The Bertz CT molecular complexity index is 307. The molecule has 0 saturated heterocycles. The smallest absolute Gasteiger partial charge is 0.335 e. The average Bonchev–Trinajstić information content (AvgIpc) is 2.03. The minimum absolute atomic E-state index is 0.375. The Morgan fingerprint density at radius 3 is 2.67 bits per heavy atom. The van der Waals surface area contributed by atoms with Crippen LogP contribution in [0.2, 0.25) is 0 Å². The van der Waals surface area contributed by atoms with E-state index in [0.717, 1.165) is 16.5 Å². The summed E-state index contributed by atoms with van der Waals surface area (Å²) in [7, 11) is 0. The molecular weight excluding hydrogens is 220 g/mol. The van der Waals surface area contributed by atoms with Crippen molar-refractivity contribution >= 4 is 21.9 Å². The lowest BCUT2D eigenvalue weighted by atomic mass is 10.1. The fourth-order valence-electron chi connectivity index (χ4n) is 1.05. The Labute approximate surface area is 79.3 Å². The Hall–Kier alpha value is -0.830. The van der Waals surface area contributed by atoms with Gasteiger partial charge < -0.3 is 5.11 Å². The molecule has 0 amide bonds. The second-order valence-electron chi connectivity index (χ2n) is 2.59. The monoisotopic (exact) mass is 228 g/mol. The van der Waals surface area contributed by atoms with Gasteiger partial charge >= 0.3 is 5.97 Å². The first-order valence-corrected chi connectivity index (χ1v) is 4.66. The summed E-state index contributed by atoms with van der Waals surface area (Å²) < 4.78 is 0. The van der Waals surface area contributed by atoms with E-state index in [0.29, 0.717) is 5.56 Å².